The highest BCUT2D eigenvalue weighted by Gasteiger charge is 2.39. The van der Waals surface area contributed by atoms with Gasteiger partial charge in [-0.15, -0.1) is 0 Å². The van der Waals surface area contributed by atoms with E-state index in [2.05, 4.69) is 26.1 Å². The predicted molar refractivity (Wildman–Crippen MR) is 71.1 cm³/mol. The lowest BCUT2D eigenvalue weighted by Gasteiger charge is -2.29. The highest BCUT2D eigenvalue weighted by molar-refractivity contribution is 5.84. The molecule has 18 heavy (non-hydrogen) atoms. The van der Waals surface area contributed by atoms with Crippen molar-refractivity contribution in [1.82, 2.24) is 10.2 Å². The summed E-state index contributed by atoms with van der Waals surface area (Å²) >= 11 is 0. The summed E-state index contributed by atoms with van der Waals surface area (Å²) in [6, 6.07) is 0.0184. The number of nitrogens with zero attached hydrogens (tertiary/aromatic N) is 1. The van der Waals surface area contributed by atoms with Gasteiger partial charge in [0.2, 0.25) is 5.91 Å². The molecule has 0 radical (unpaired) electrons. The van der Waals surface area contributed by atoms with Crippen LogP contribution in [-0.4, -0.2) is 42.8 Å². The average Bonchev–Trinajstić information content (AvgIpc) is 2.67. The molecule has 0 aromatic heterocycles. The molecular weight excluding hydrogens is 228 g/mol. The summed E-state index contributed by atoms with van der Waals surface area (Å²) in [7, 11) is 0. The van der Waals surface area contributed by atoms with Crippen LogP contribution in [0.3, 0.4) is 0 Å². The first-order chi connectivity index (χ1) is 8.63. The molecule has 2 aliphatic heterocycles. The third kappa shape index (κ3) is 2.86. The summed E-state index contributed by atoms with van der Waals surface area (Å²) in [5.74, 6) is 1.32. The number of hydrogen-bond donors (Lipinski definition) is 1. The molecule has 2 heterocycles. The first-order valence-electron chi connectivity index (χ1n) is 7.27. The minimum absolute atomic E-state index is 0.0184. The minimum Gasteiger partial charge on any atom is -0.381 e. The molecule has 2 saturated heterocycles. The van der Waals surface area contributed by atoms with Crippen molar-refractivity contribution in [3.05, 3.63) is 0 Å². The van der Waals surface area contributed by atoms with Crippen molar-refractivity contribution in [3.8, 4) is 0 Å². The van der Waals surface area contributed by atoms with Crippen LogP contribution in [0.1, 0.15) is 40.0 Å². The van der Waals surface area contributed by atoms with Gasteiger partial charge >= 0.3 is 0 Å². The molecule has 2 aliphatic rings. The van der Waals surface area contributed by atoms with Crippen molar-refractivity contribution in [2.24, 2.45) is 11.8 Å². The zero-order chi connectivity index (χ0) is 13.1. The third-order valence-corrected chi connectivity index (χ3v) is 4.45. The second-order valence-electron chi connectivity index (χ2n) is 5.75. The van der Waals surface area contributed by atoms with Crippen molar-refractivity contribution in [3.63, 3.8) is 0 Å². The van der Waals surface area contributed by atoms with E-state index in [1.807, 2.05) is 4.90 Å². The Balaban J connectivity index is 1.93. The number of carbonyl (C=O) groups excluding carboxylic acids is 1. The largest absolute Gasteiger partial charge is 0.381 e. The topological polar surface area (TPSA) is 41.6 Å². The molecule has 4 nitrogen and oxygen atoms in total. The van der Waals surface area contributed by atoms with E-state index in [9.17, 15) is 4.79 Å². The molecule has 4 heteroatoms. The fourth-order valence-corrected chi connectivity index (χ4v) is 2.89. The van der Waals surface area contributed by atoms with Crippen LogP contribution in [0.25, 0.3) is 0 Å². The lowest BCUT2D eigenvalue weighted by Crippen LogP contribution is -2.39. The molecule has 0 aromatic rings. The lowest BCUT2D eigenvalue weighted by atomic mass is 9.97. The average molecular weight is 254 g/mol. The van der Waals surface area contributed by atoms with Crippen molar-refractivity contribution >= 4 is 5.91 Å². The van der Waals surface area contributed by atoms with Crippen LogP contribution < -0.4 is 5.32 Å². The van der Waals surface area contributed by atoms with E-state index in [-0.39, 0.29) is 12.2 Å². The molecule has 0 bridgehead atoms. The lowest BCUT2D eigenvalue weighted by molar-refractivity contribution is -0.131. The van der Waals surface area contributed by atoms with E-state index in [0.29, 0.717) is 17.7 Å². The Morgan fingerprint density at radius 1 is 1.44 bits per heavy atom. The number of rotatable bonds is 4. The Bertz CT molecular complexity index is 290. The van der Waals surface area contributed by atoms with E-state index in [4.69, 9.17) is 4.74 Å². The van der Waals surface area contributed by atoms with E-state index in [1.54, 1.807) is 0 Å². The van der Waals surface area contributed by atoms with Gasteiger partial charge in [-0.2, -0.15) is 0 Å². The summed E-state index contributed by atoms with van der Waals surface area (Å²) in [6.07, 6.45) is 3.40. The van der Waals surface area contributed by atoms with Gasteiger partial charge in [0.25, 0.3) is 0 Å². The Morgan fingerprint density at radius 2 is 2.11 bits per heavy atom. The van der Waals surface area contributed by atoms with Crippen LogP contribution in [0.4, 0.5) is 0 Å². The maximum absolute atomic E-state index is 12.4. The van der Waals surface area contributed by atoms with Gasteiger partial charge in [0.05, 0.1) is 12.2 Å². The Kier molecular flexibility index (Phi) is 4.62. The minimum atomic E-state index is 0.0184. The molecule has 0 aromatic carbocycles. The first-order valence-corrected chi connectivity index (χ1v) is 7.27. The van der Waals surface area contributed by atoms with Crippen molar-refractivity contribution < 1.29 is 9.53 Å². The van der Waals surface area contributed by atoms with E-state index in [0.717, 1.165) is 39.0 Å². The summed E-state index contributed by atoms with van der Waals surface area (Å²) in [5.41, 5.74) is 0. The monoisotopic (exact) mass is 254 g/mol. The number of nitrogens with one attached hydrogen (secondary N) is 1. The van der Waals surface area contributed by atoms with Crippen molar-refractivity contribution in [2.75, 3.05) is 19.8 Å². The van der Waals surface area contributed by atoms with Gasteiger partial charge in [-0.05, 0) is 31.6 Å². The SMILES string of the molecule is CCC(C)C1NC(C)N(CC2CCOCC2)C1=O. The molecular formula is C14H26N2O2. The number of amides is 1. The van der Waals surface area contributed by atoms with E-state index < -0.39 is 0 Å². The number of ether oxygens (including phenoxy) is 1. The molecule has 104 valence electrons. The fraction of sp³-hybridized carbons (Fsp3) is 0.929. The van der Waals surface area contributed by atoms with Crippen molar-refractivity contribution in [1.29, 1.82) is 0 Å². The van der Waals surface area contributed by atoms with Gasteiger partial charge < -0.3 is 9.64 Å². The van der Waals surface area contributed by atoms with Gasteiger partial charge in [0, 0.05) is 19.8 Å². The summed E-state index contributed by atoms with van der Waals surface area (Å²) in [5, 5.41) is 3.44. The van der Waals surface area contributed by atoms with E-state index in [1.165, 1.54) is 0 Å². The molecule has 0 spiro atoms. The predicted octanol–water partition coefficient (Wildman–Crippen LogP) is 1.61. The zero-order valence-electron chi connectivity index (χ0n) is 11.8. The highest BCUT2D eigenvalue weighted by atomic mass is 16.5. The highest BCUT2D eigenvalue weighted by Crippen LogP contribution is 2.23. The Hall–Kier alpha value is -0.610. The number of carbonyl (C=O) groups is 1. The second-order valence-corrected chi connectivity index (χ2v) is 5.75. The molecule has 1 amide bonds. The van der Waals surface area contributed by atoms with Crippen LogP contribution >= 0.6 is 0 Å². The summed E-state index contributed by atoms with van der Waals surface area (Å²) in [4.78, 5) is 14.5. The van der Waals surface area contributed by atoms with Crippen LogP contribution in [0, 0.1) is 11.8 Å². The quantitative estimate of drug-likeness (QED) is 0.828. The maximum atomic E-state index is 12.4. The standard InChI is InChI=1S/C14H26N2O2/c1-4-10(2)13-14(17)16(11(3)15-13)9-12-5-7-18-8-6-12/h10-13,15H,4-9H2,1-3H3. The molecule has 0 aliphatic carbocycles. The molecule has 3 unspecified atom stereocenters. The van der Waals surface area contributed by atoms with Gasteiger partial charge in [-0.3, -0.25) is 10.1 Å². The molecule has 2 rings (SSSR count). The Morgan fingerprint density at radius 3 is 2.72 bits per heavy atom. The third-order valence-electron chi connectivity index (χ3n) is 4.45. The van der Waals surface area contributed by atoms with Gasteiger partial charge in [-0.25, -0.2) is 0 Å². The zero-order valence-corrected chi connectivity index (χ0v) is 11.8. The number of hydrogen-bond acceptors (Lipinski definition) is 3. The molecule has 0 saturated carbocycles. The van der Waals surface area contributed by atoms with Gasteiger partial charge in [-0.1, -0.05) is 20.3 Å². The Labute approximate surface area is 110 Å². The second kappa shape index (κ2) is 6.02. The van der Waals surface area contributed by atoms with Crippen molar-refractivity contribution in [2.45, 2.75) is 52.2 Å². The first kappa shape index (κ1) is 13.8. The normalized spacial score (nSPS) is 31.9. The van der Waals surface area contributed by atoms with Crippen LogP contribution in [0.5, 0.6) is 0 Å². The molecule has 1 N–H and O–H groups in total. The summed E-state index contributed by atoms with van der Waals surface area (Å²) < 4.78 is 5.38. The van der Waals surface area contributed by atoms with Crippen LogP contribution in [-0.2, 0) is 9.53 Å². The smallest absolute Gasteiger partial charge is 0.241 e. The van der Waals surface area contributed by atoms with Crippen LogP contribution in [0.2, 0.25) is 0 Å². The fourth-order valence-electron chi connectivity index (χ4n) is 2.89. The van der Waals surface area contributed by atoms with Gasteiger partial charge in [0.15, 0.2) is 0 Å². The molecule has 2 fully saturated rings. The van der Waals surface area contributed by atoms with Crippen LogP contribution in [0.15, 0.2) is 0 Å². The molecule has 3 atom stereocenters. The summed E-state index contributed by atoms with van der Waals surface area (Å²) in [6.45, 7) is 8.99. The van der Waals surface area contributed by atoms with E-state index >= 15 is 0 Å². The maximum Gasteiger partial charge on any atom is 0.241 e. The van der Waals surface area contributed by atoms with Gasteiger partial charge in [0.1, 0.15) is 0 Å².